The van der Waals surface area contributed by atoms with Gasteiger partial charge in [-0.1, -0.05) is 13.0 Å². The first-order chi connectivity index (χ1) is 12.1. The van der Waals surface area contributed by atoms with Crippen molar-refractivity contribution in [3.63, 3.8) is 0 Å². The van der Waals surface area contributed by atoms with Crippen LogP contribution in [0, 0.1) is 23.5 Å². The number of carbonyl (C=O) groups is 4. The lowest BCUT2D eigenvalue weighted by atomic mass is 9.86. The number of nitrogens with two attached hydrogens (primary N) is 1. The number of hydrogen-bond acceptors (Lipinski definition) is 6. The number of esters is 2. The van der Waals surface area contributed by atoms with E-state index < -0.39 is 58.8 Å². The van der Waals surface area contributed by atoms with Gasteiger partial charge in [0.25, 0.3) is 5.91 Å². The van der Waals surface area contributed by atoms with Crippen molar-refractivity contribution in [3.05, 3.63) is 35.4 Å². The van der Waals surface area contributed by atoms with E-state index in [0.717, 1.165) is 32.4 Å². The van der Waals surface area contributed by atoms with Crippen LogP contribution in [0.3, 0.4) is 0 Å². The second-order valence-corrected chi connectivity index (χ2v) is 5.34. The summed E-state index contributed by atoms with van der Waals surface area (Å²) in [6, 6.07) is 1.34. The van der Waals surface area contributed by atoms with E-state index in [1.54, 1.807) is 0 Å². The third kappa shape index (κ3) is 4.52. The van der Waals surface area contributed by atoms with Crippen LogP contribution in [0.4, 0.5) is 8.78 Å². The molecule has 2 amide bonds. The molecule has 3 N–H and O–H groups in total. The number of hydrogen-bond donors (Lipinski definition) is 2. The van der Waals surface area contributed by atoms with Gasteiger partial charge in [-0.2, -0.15) is 0 Å². The molecule has 0 aliphatic heterocycles. The molecule has 0 aliphatic rings. The Hall–Kier alpha value is -3.04. The van der Waals surface area contributed by atoms with E-state index in [4.69, 9.17) is 5.73 Å². The van der Waals surface area contributed by atoms with Gasteiger partial charge in [0.05, 0.1) is 19.8 Å². The van der Waals surface area contributed by atoms with Crippen LogP contribution < -0.4 is 11.1 Å². The minimum atomic E-state index is -1.57. The fourth-order valence-electron chi connectivity index (χ4n) is 2.33. The third-order valence-corrected chi connectivity index (χ3v) is 3.75. The molecule has 0 heterocycles. The van der Waals surface area contributed by atoms with Crippen molar-refractivity contribution in [2.45, 2.75) is 13.0 Å². The van der Waals surface area contributed by atoms with Gasteiger partial charge in [0.15, 0.2) is 17.6 Å². The summed E-state index contributed by atoms with van der Waals surface area (Å²) in [7, 11) is 2.04. The molecular weight excluding hydrogens is 354 g/mol. The molecule has 0 aliphatic carbocycles. The number of carbonyl (C=O) groups excluding carboxylic acids is 4. The summed E-state index contributed by atoms with van der Waals surface area (Å²) in [4.78, 5) is 47.6. The van der Waals surface area contributed by atoms with Gasteiger partial charge in [-0.05, 0) is 12.1 Å². The van der Waals surface area contributed by atoms with Crippen molar-refractivity contribution in [1.29, 1.82) is 0 Å². The Labute approximate surface area is 147 Å². The van der Waals surface area contributed by atoms with Crippen LogP contribution in [0.15, 0.2) is 18.2 Å². The normalized spacial score (nSPS) is 12.8. The van der Waals surface area contributed by atoms with E-state index in [2.05, 4.69) is 14.8 Å². The fourth-order valence-corrected chi connectivity index (χ4v) is 2.33. The minimum Gasteiger partial charge on any atom is -0.468 e. The molecule has 0 spiro atoms. The molecule has 0 saturated heterocycles. The minimum absolute atomic E-state index is 0.670. The van der Waals surface area contributed by atoms with E-state index in [1.165, 1.54) is 6.92 Å². The molecule has 8 nitrogen and oxygen atoms in total. The van der Waals surface area contributed by atoms with Crippen LogP contribution in [-0.2, 0) is 23.9 Å². The zero-order valence-corrected chi connectivity index (χ0v) is 14.2. The van der Waals surface area contributed by atoms with Gasteiger partial charge < -0.3 is 20.5 Å². The third-order valence-electron chi connectivity index (χ3n) is 3.75. The molecular formula is C16H18F2N2O6. The lowest BCUT2D eigenvalue weighted by molar-refractivity contribution is -0.161. The van der Waals surface area contributed by atoms with Crippen LogP contribution in [-0.4, -0.2) is 44.0 Å². The largest absolute Gasteiger partial charge is 0.468 e. The molecule has 10 heteroatoms. The van der Waals surface area contributed by atoms with Crippen LogP contribution in [0.25, 0.3) is 0 Å². The topological polar surface area (TPSA) is 125 Å². The predicted molar refractivity (Wildman–Crippen MR) is 83.5 cm³/mol. The molecule has 0 radical (unpaired) electrons. The Bertz CT molecular complexity index is 709. The second-order valence-electron chi connectivity index (χ2n) is 5.34. The summed E-state index contributed by atoms with van der Waals surface area (Å²) in [5, 5.41) is 2.10. The fraction of sp³-hybridized carbons (Fsp3) is 0.375. The molecule has 1 rings (SSSR count). The van der Waals surface area contributed by atoms with Gasteiger partial charge in [-0.3, -0.25) is 19.2 Å². The molecule has 2 atom stereocenters. The van der Waals surface area contributed by atoms with E-state index in [1.807, 2.05) is 0 Å². The zero-order valence-electron chi connectivity index (χ0n) is 14.2. The summed E-state index contributed by atoms with van der Waals surface area (Å²) in [6.07, 6.45) is 0. The van der Waals surface area contributed by atoms with Crippen LogP contribution >= 0.6 is 0 Å². The number of ether oxygens (including phenoxy) is 2. The standard InChI is InChI=1S/C16H18F2N2O6/c1-7(10(15(23)25-2)16(24)26-3)12(13(19)21)20-14(22)8-5-4-6-9(17)11(8)18/h4-7,10,12H,1-3H3,(H2,19,21)(H,20,22)/t7-,12+/m0/s1. The van der Waals surface area contributed by atoms with Crippen molar-refractivity contribution in [1.82, 2.24) is 5.32 Å². The molecule has 1 aromatic carbocycles. The number of halogens is 2. The first kappa shape index (κ1) is 21.0. The Kier molecular flexibility index (Phi) is 7.17. The Balaban J connectivity index is 3.16. The molecule has 0 unspecified atom stereocenters. The summed E-state index contributed by atoms with van der Waals surface area (Å²) in [5.41, 5.74) is 4.56. The van der Waals surface area contributed by atoms with E-state index in [9.17, 15) is 28.0 Å². The number of primary amides is 1. The first-order valence-corrected chi connectivity index (χ1v) is 7.35. The summed E-state index contributed by atoms with van der Waals surface area (Å²) >= 11 is 0. The van der Waals surface area contributed by atoms with E-state index in [0.29, 0.717) is 0 Å². The number of amides is 2. The number of rotatable bonds is 7. The lowest BCUT2D eigenvalue weighted by Crippen LogP contribution is -2.53. The monoisotopic (exact) mass is 372 g/mol. The molecule has 0 aromatic heterocycles. The summed E-state index contributed by atoms with van der Waals surface area (Å²) in [6.45, 7) is 1.27. The van der Waals surface area contributed by atoms with Gasteiger partial charge in [-0.25, -0.2) is 8.78 Å². The molecule has 26 heavy (non-hydrogen) atoms. The maximum Gasteiger partial charge on any atom is 0.320 e. The Morgan fingerprint density at radius 3 is 2.08 bits per heavy atom. The van der Waals surface area contributed by atoms with Gasteiger partial charge in [0.2, 0.25) is 5.91 Å². The van der Waals surface area contributed by atoms with Crippen LogP contribution in [0.1, 0.15) is 17.3 Å². The number of benzene rings is 1. The average molecular weight is 372 g/mol. The van der Waals surface area contributed by atoms with Crippen molar-refractivity contribution < 1.29 is 37.4 Å². The number of methoxy groups -OCH3 is 2. The van der Waals surface area contributed by atoms with Crippen LogP contribution in [0.2, 0.25) is 0 Å². The molecule has 0 fully saturated rings. The van der Waals surface area contributed by atoms with Crippen molar-refractivity contribution >= 4 is 23.8 Å². The van der Waals surface area contributed by atoms with Gasteiger partial charge in [0.1, 0.15) is 6.04 Å². The second kappa shape index (κ2) is 8.88. The summed E-state index contributed by atoms with van der Waals surface area (Å²) in [5.74, 6) is -9.70. The Morgan fingerprint density at radius 1 is 1.08 bits per heavy atom. The number of nitrogens with one attached hydrogen (secondary N) is 1. The quantitative estimate of drug-likeness (QED) is 0.518. The highest BCUT2D eigenvalue weighted by Crippen LogP contribution is 2.20. The van der Waals surface area contributed by atoms with Crippen LogP contribution in [0.5, 0.6) is 0 Å². The predicted octanol–water partition coefficient (Wildman–Crippen LogP) is 0.147. The maximum absolute atomic E-state index is 13.7. The lowest BCUT2D eigenvalue weighted by Gasteiger charge is -2.26. The molecule has 142 valence electrons. The van der Waals surface area contributed by atoms with Gasteiger partial charge in [-0.15, -0.1) is 0 Å². The highest BCUT2D eigenvalue weighted by atomic mass is 19.2. The van der Waals surface area contributed by atoms with Crippen molar-refractivity contribution in [2.75, 3.05) is 14.2 Å². The zero-order chi connectivity index (χ0) is 20.0. The van der Waals surface area contributed by atoms with Gasteiger partial charge in [0, 0.05) is 5.92 Å². The molecule has 0 saturated carbocycles. The summed E-state index contributed by atoms with van der Waals surface area (Å²) < 4.78 is 36.0. The Morgan fingerprint density at radius 2 is 1.62 bits per heavy atom. The highest BCUT2D eigenvalue weighted by molar-refractivity contribution is 5.99. The molecule has 0 bridgehead atoms. The average Bonchev–Trinajstić information content (AvgIpc) is 2.60. The van der Waals surface area contributed by atoms with Crippen molar-refractivity contribution in [3.8, 4) is 0 Å². The van der Waals surface area contributed by atoms with Gasteiger partial charge >= 0.3 is 11.9 Å². The highest BCUT2D eigenvalue weighted by Gasteiger charge is 2.41. The first-order valence-electron chi connectivity index (χ1n) is 7.35. The van der Waals surface area contributed by atoms with Crippen molar-refractivity contribution in [2.24, 2.45) is 17.6 Å². The smallest absolute Gasteiger partial charge is 0.320 e. The molecule has 1 aromatic rings. The van der Waals surface area contributed by atoms with E-state index >= 15 is 0 Å². The maximum atomic E-state index is 13.7. The van der Waals surface area contributed by atoms with E-state index in [-0.39, 0.29) is 0 Å². The SMILES string of the molecule is COC(=O)C(C(=O)OC)[C@H](C)[C@@H](NC(=O)c1cccc(F)c1F)C(N)=O.